The molecule has 12 rings (SSSR count). The van der Waals surface area contributed by atoms with Crippen molar-refractivity contribution in [3.63, 3.8) is 0 Å². The molecule has 0 bridgehead atoms. The van der Waals surface area contributed by atoms with Crippen LogP contribution in [0.2, 0.25) is 0 Å². The lowest BCUT2D eigenvalue weighted by Gasteiger charge is -2.12. The first-order chi connectivity index (χ1) is 28.7. The van der Waals surface area contributed by atoms with Gasteiger partial charge in [0.15, 0.2) is 11.6 Å². The van der Waals surface area contributed by atoms with Gasteiger partial charge in [0.1, 0.15) is 0 Å². The highest BCUT2D eigenvalue weighted by atomic mass is 15.2. The zero-order valence-electron chi connectivity index (χ0n) is 31.3. The number of benzene rings is 9. The van der Waals surface area contributed by atoms with E-state index < -0.39 is 0 Å². The summed E-state index contributed by atoms with van der Waals surface area (Å²) in [6.07, 6.45) is 0. The van der Waals surface area contributed by atoms with Crippen LogP contribution in [-0.2, 0) is 0 Å². The molecule has 0 amide bonds. The van der Waals surface area contributed by atoms with Crippen LogP contribution in [-0.4, -0.2) is 24.1 Å². The van der Waals surface area contributed by atoms with Crippen LogP contribution in [0.25, 0.3) is 111 Å². The third-order valence-electron chi connectivity index (χ3n) is 11.5. The normalized spacial score (nSPS) is 11.8. The van der Waals surface area contributed by atoms with Crippen molar-refractivity contribution in [1.82, 2.24) is 24.1 Å². The first-order valence-corrected chi connectivity index (χ1v) is 19.6. The molecule has 3 aromatic heterocycles. The molecule has 0 atom stereocenters. The van der Waals surface area contributed by atoms with Crippen molar-refractivity contribution in [2.75, 3.05) is 0 Å². The van der Waals surface area contributed by atoms with E-state index in [0.717, 1.165) is 49.6 Å². The first kappa shape index (κ1) is 32.4. The van der Waals surface area contributed by atoms with Crippen molar-refractivity contribution >= 4 is 65.2 Å². The Morgan fingerprint density at radius 2 is 0.741 bits per heavy atom. The third-order valence-corrected chi connectivity index (χ3v) is 11.5. The molecular formula is C53H33N5. The van der Waals surface area contributed by atoms with E-state index in [1.165, 1.54) is 43.5 Å². The molecule has 5 heteroatoms. The van der Waals surface area contributed by atoms with Gasteiger partial charge in [-0.1, -0.05) is 152 Å². The lowest BCUT2D eigenvalue weighted by atomic mass is 10.0. The molecular weight excluding hydrogens is 707 g/mol. The molecule has 0 aliphatic heterocycles. The predicted molar refractivity (Wildman–Crippen MR) is 240 cm³/mol. The standard InChI is InChI=1S/C53H33N5/c1-3-13-34(14-4-1)35-23-25-37(26-24-35)52-54-51(36-15-5-2-6-16-36)55-53(56-52)58-48-22-12-10-20-44(48)46-31-40-27-28-42(29-41(40)33-50(46)58)57-47-21-11-9-19-43(47)45-30-38-17-7-8-18-39(38)32-49(45)57/h1-33H. The fourth-order valence-corrected chi connectivity index (χ4v) is 8.74. The smallest absolute Gasteiger partial charge is 0.238 e. The Balaban J connectivity index is 1.08. The molecule has 5 nitrogen and oxygen atoms in total. The van der Waals surface area contributed by atoms with E-state index >= 15 is 0 Å². The van der Waals surface area contributed by atoms with Gasteiger partial charge in [-0.05, 0) is 81.2 Å². The highest BCUT2D eigenvalue weighted by Crippen LogP contribution is 2.38. The molecule has 58 heavy (non-hydrogen) atoms. The van der Waals surface area contributed by atoms with Crippen LogP contribution in [0.15, 0.2) is 200 Å². The van der Waals surface area contributed by atoms with Crippen LogP contribution >= 0.6 is 0 Å². The summed E-state index contributed by atoms with van der Waals surface area (Å²) < 4.78 is 4.61. The molecule has 0 saturated carbocycles. The molecule has 0 unspecified atom stereocenters. The van der Waals surface area contributed by atoms with E-state index in [1.807, 2.05) is 24.3 Å². The maximum Gasteiger partial charge on any atom is 0.238 e. The van der Waals surface area contributed by atoms with Gasteiger partial charge in [-0.15, -0.1) is 0 Å². The second-order valence-corrected chi connectivity index (χ2v) is 14.9. The Morgan fingerprint density at radius 1 is 0.276 bits per heavy atom. The highest BCUT2D eigenvalue weighted by Gasteiger charge is 2.20. The molecule has 0 saturated heterocycles. The van der Waals surface area contributed by atoms with Gasteiger partial charge in [0, 0.05) is 38.4 Å². The number of nitrogens with zero attached hydrogens (tertiary/aromatic N) is 5. The summed E-state index contributed by atoms with van der Waals surface area (Å²) in [7, 11) is 0. The number of para-hydroxylation sites is 2. The van der Waals surface area contributed by atoms with E-state index in [-0.39, 0.29) is 0 Å². The minimum atomic E-state index is 0.576. The summed E-state index contributed by atoms with van der Waals surface area (Å²) in [6.45, 7) is 0. The Labute approximate surface area is 333 Å². The average Bonchev–Trinajstić information content (AvgIpc) is 3.79. The second kappa shape index (κ2) is 12.8. The van der Waals surface area contributed by atoms with Crippen LogP contribution in [0.3, 0.4) is 0 Å². The van der Waals surface area contributed by atoms with Crippen LogP contribution in [0, 0.1) is 0 Å². The molecule has 9 aromatic carbocycles. The van der Waals surface area contributed by atoms with E-state index in [4.69, 9.17) is 15.0 Å². The number of aromatic nitrogens is 5. The van der Waals surface area contributed by atoms with Gasteiger partial charge in [-0.2, -0.15) is 9.97 Å². The van der Waals surface area contributed by atoms with E-state index in [1.54, 1.807) is 0 Å². The Kier molecular flexibility index (Phi) is 7.16. The fourth-order valence-electron chi connectivity index (χ4n) is 8.74. The van der Waals surface area contributed by atoms with Gasteiger partial charge in [0.25, 0.3) is 0 Å². The number of rotatable bonds is 5. The molecule has 0 aliphatic rings. The van der Waals surface area contributed by atoms with Crippen LogP contribution in [0.1, 0.15) is 0 Å². The topological polar surface area (TPSA) is 48.5 Å². The number of hydrogen-bond donors (Lipinski definition) is 0. The Bertz CT molecular complexity index is 3550. The SMILES string of the molecule is c1ccc(-c2ccc(-c3nc(-c4ccccc4)nc(-n4c5ccccc5c5cc6ccc(-n7c8ccccc8c8cc9ccccc9cc87)cc6cc54)n3)cc2)cc1. The van der Waals surface area contributed by atoms with Crippen molar-refractivity contribution in [3.05, 3.63) is 200 Å². The molecule has 270 valence electrons. The summed E-state index contributed by atoms with van der Waals surface area (Å²) in [5.74, 6) is 1.82. The predicted octanol–water partition coefficient (Wildman–Crippen LogP) is 13.4. The number of fused-ring (bicyclic) bond motifs is 8. The minimum Gasteiger partial charge on any atom is -0.309 e. The monoisotopic (exact) mass is 739 g/mol. The van der Waals surface area contributed by atoms with Gasteiger partial charge in [0.05, 0.1) is 22.1 Å². The first-order valence-electron chi connectivity index (χ1n) is 19.6. The van der Waals surface area contributed by atoms with Crippen LogP contribution < -0.4 is 0 Å². The fraction of sp³-hybridized carbons (Fsp3) is 0. The van der Waals surface area contributed by atoms with Gasteiger partial charge < -0.3 is 4.57 Å². The molecule has 12 aromatic rings. The van der Waals surface area contributed by atoms with Gasteiger partial charge in [0.2, 0.25) is 5.95 Å². The molecule has 0 N–H and O–H groups in total. The molecule has 0 aliphatic carbocycles. The lowest BCUT2D eigenvalue weighted by Crippen LogP contribution is -2.06. The zero-order valence-corrected chi connectivity index (χ0v) is 31.3. The zero-order chi connectivity index (χ0) is 38.2. The summed E-state index contributed by atoms with van der Waals surface area (Å²) in [5, 5.41) is 9.56. The Hall–Kier alpha value is -7.89. The van der Waals surface area contributed by atoms with Crippen molar-refractivity contribution in [2.45, 2.75) is 0 Å². The van der Waals surface area contributed by atoms with Crippen molar-refractivity contribution in [1.29, 1.82) is 0 Å². The van der Waals surface area contributed by atoms with E-state index in [2.05, 4.69) is 185 Å². The Morgan fingerprint density at radius 3 is 1.41 bits per heavy atom. The quantitative estimate of drug-likeness (QED) is 0.177. The van der Waals surface area contributed by atoms with Gasteiger partial charge in [-0.3, -0.25) is 4.57 Å². The third kappa shape index (κ3) is 5.14. The van der Waals surface area contributed by atoms with Gasteiger partial charge in [-0.25, -0.2) is 4.98 Å². The summed E-state index contributed by atoms with van der Waals surface area (Å²) >= 11 is 0. The highest BCUT2D eigenvalue weighted by molar-refractivity contribution is 6.15. The molecule has 0 fully saturated rings. The molecule has 3 heterocycles. The van der Waals surface area contributed by atoms with Crippen molar-refractivity contribution < 1.29 is 0 Å². The summed E-state index contributed by atoms with van der Waals surface area (Å²) in [4.78, 5) is 15.5. The maximum atomic E-state index is 5.24. The van der Waals surface area contributed by atoms with Crippen LogP contribution in [0.4, 0.5) is 0 Å². The van der Waals surface area contributed by atoms with Gasteiger partial charge >= 0.3 is 0 Å². The molecule has 0 radical (unpaired) electrons. The van der Waals surface area contributed by atoms with E-state index in [9.17, 15) is 0 Å². The van der Waals surface area contributed by atoms with Crippen molar-refractivity contribution in [2.24, 2.45) is 0 Å². The van der Waals surface area contributed by atoms with Crippen LogP contribution in [0.5, 0.6) is 0 Å². The minimum absolute atomic E-state index is 0.576. The summed E-state index contributed by atoms with van der Waals surface area (Å²) in [5.41, 5.74) is 9.74. The maximum absolute atomic E-state index is 5.24. The van der Waals surface area contributed by atoms with Crippen molar-refractivity contribution in [3.8, 4) is 45.5 Å². The van der Waals surface area contributed by atoms with E-state index in [0.29, 0.717) is 17.6 Å². The average molecular weight is 740 g/mol. The lowest BCUT2D eigenvalue weighted by molar-refractivity contribution is 0.954. The second-order valence-electron chi connectivity index (χ2n) is 14.9. The largest absolute Gasteiger partial charge is 0.309 e. The summed E-state index contributed by atoms with van der Waals surface area (Å²) in [6, 6.07) is 71.1. The number of hydrogen-bond acceptors (Lipinski definition) is 3. The molecule has 0 spiro atoms.